The van der Waals surface area contributed by atoms with Crippen LogP contribution in [0.5, 0.6) is 0 Å². The number of aromatic nitrogens is 3. The van der Waals surface area contributed by atoms with Crippen LogP contribution >= 0.6 is 11.3 Å². The molecule has 0 amide bonds. The monoisotopic (exact) mass is 846 g/mol. The number of imidazole rings is 1. The molecule has 0 fully saturated rings. The molecule has 0 unspecified atom stereocenters. The van der Waals surface area contributed by atoms with Crippen molar-refractivity contribution in [3.05, 3.63) is 136 Å². The predicted molar refractivity (Wildman–Crippen MR) is 206 cm³/mol. The summed E-state index contributed by atoms with van der Waals surface area (Å²) in [6, 6.07) is 32.5. The van der Waals surface area contributed by atoms with Crippen LogP contribution in [-0.2, 0) is 25.5 Å². The van der Waals surface area contributed by atoms with E-state index in [4.69, 9.17) is 13.2 Å². The van der Waals surface area contributed by atoms with E-state index in [1.807, 2.05) is 0 Å². The molecule has 3 heterocycles. The maximum atomic E-state index is 7.28. The van der Waals surface area contributed by atoms with E-state index in [9.17, 15) is 0 Å². The van der Waals surface area contributed by atoms with Crippen molar-refractivity contribution < 1.29 is 28.3 Å². The second-order valence-electron chi connectivity index (χ2n) is 13.8. The van der Waals surface area contributed by atoms with Crippen molar-refractivity contribution in [1.29, 1.82) is 0 Å². The largest absolute Gasteiger partial charge is 0.333 e. The van der Waals surface area contributed by atoms with Crippen molar-refractivity contribution in [2.75, 3.05) is 0 Å². The Bertz CT molecular complexity index is 2320. The zero-order valence-electron chi connectivity index (χ0n) is 35.0. The molecule has 3 aromatic heterocycles. The minimum Gasteiger partial charge on any atom is -0.333 e. The third kappa shape index (κ3) is 7.65. The Kier molecular flexibility index (Phi) is 8.80. The Hall–Kier alpha value is -3.89. The van der Waals surface area contributed by atoms with Crippen molar-refractivity contribution >= 4 is 32.5 Å². The quantitative estimate of drug-likeness (QED) is 0.162. The number of hydrogen-bond donors (Lipinski definition) is 0. The molecule has 0 atom stereocenters. The van der Waals surface area contributed by atoms with E-state index in [0.717, 1.165) is 22.4 Å². The maximum absolute atomic E-state index is 7.28. The minimum absolute atomic E-state index is 0. The molecule has 0 saturated carbocycles. The SMILES string of the molecule is CC(C)c1cccc(C(C)C)c1-n1c(-c2[c-]sc3cc(C(C)(C)C)ccc23)nc2ccccc21.[2H]C([2H])([2H])c1c[c-]c(-c2ccc(C([2H])([2H])[2H])cn2)cc1.[Ir]. The fourth-order valence-electron chi connectivity index (χ4n) is 5.93. The molecule has 3 nitrogen and oxygen atoms in total. The zero-order valence-corrected chi connectivity index (χ0v) is 32.2. The van der Waals surface area contributed by atoms with Gasteiger partial charge in [-0.25, -0.2) is 0 Å². The van der Waals surface area contributed by atoms with E-state index >= 15 is 0 Å². The fraction of sp³-hybridized carbons (Fsp3) is 0.273. The first-order valence-electron chi connectivity index (χ1n) is 19.4. The van der Waals surface area contributed by atoms with Crippen LogP contribution in [0.3, 0.4) is 0 Å². The predicted octanol–water partition coefficient (Wildman–Crippen LogP) is 12.4. The molecule has 0 saturated heterocycles. The van der Waals surface area contributed by atoms with Crippen molar-refractivity contribution in [2.24, 2.45) is 0 Å². The van der Waals surface area contributed by atoms with Crippen LogP contribution in [0.2, 0.25) is 0 Å². The van der Waals surface area contributed by atoms with Crippen LogP contribution in [0.4, 0.5) is 0 Å². The average Bonchev–Trinajstić information content (AvgIpc) is 3.71. The standard InChI is InChI=1S/C31H33N2S.C13H12N.Ir/c1-19(2)22-11-10-12-23(20(3)4)29(22)33-27-14-9-8-13-26(27)32-30(33)25-18-34-28-17-21(31(5,6)7)15-16-24(25)28;1-10-3-6-12(7-4-10)13-8-5-11(2)9-14-13;/h8-17,19-20H,1-7H3;3-6,8-9H,1-2H3;/q2*-1;/i;1D3,2D3;. The number of aryl methyl sites for hydroxylation is 2. The molecule has 0 bridgehead atoms. The number of rotatable bonds is 5. The summed E-state index contributed by atoms with van der Waals surface area (Å²) in [7, 11) is 0. The summed E-state index contributed by atoms with van der Waals surface area (Å²) in [5, 5.41) is 4.86. The van der Waals surface area contributed by atoms with E-state index in [1.54, 1.807) is 23.5 Å². The molecule has 7 aromatic rings. The Labute approximate surface area is 318 Å². The number of nitrogens with zero attached hydrogens (tertiary/aromatic N) is 3. The van der Waals surface area contributed by atoms with Gasteiger partial charge in [0.05, 0.1) is 16.9 Å². The van der Waals surface area contributed by atoms with Gasteiger partial charge in [-0.2, -0.15) is 0 Å². The van der Waals surface area contributed by atoms with Gasteiger partial charge in [0.2, 0.25) is 0 Å². The van der Waals surface area contributed by atoms with E-state index in [0.29, 0.717) is 23.1 Å². The molecule has 0 aliphatic carbocycles. The summed E-state index contributed by atoms with van der Waals surface area (Å²) in [5.74, 6) is 1.78. The zero-order chi connectivity index (χ0) is 39.2. The third-order valence-electron chi connectivity index (χ3n) is 8.58. The van der Waals surface area contributed by atoms with Gasteiger partial charge in [-0.05, 0) is 58.6 Å². The molecule has 0 N–H and O–H groups in total. The fourth-order valence-corrected chi connectivity index (χ4v) is 6.81. The van der Waals surface area contributed by atoms with Gasteiger partial charge in [0.25, 0.3) is 0 Å². The van der Waals surface area contributed by atoms with Gasteiger partial charge in [-0.1, -0.05) is 131 Å². The topological polar surface area (TPSA) is 30.7 Å². The van der Waals surface area contributed by atoms with Gasteiger partial charge in [0, 0.05) is 40.2 Å². The Morgan fingerprint density at radius 1 is 0.816 bits per heavy atom. The smallest absolute Gasteiger partial charge is 0.0774 e. The van der Waals surface area contributed by atoms with Crippen molar-refractivity contribution in [1.82, 2.24) is 14.5 Å². The molecule has 0 spiro atoms. The normalized spacial score (nSPS) is 13.9. The van der Waals surface area contributed by atoms with Gasteiger partial charge in [-0.3, -0.25) is 16.3 Å². The van der Waals surface area contributed by atoms with Crippen LogP contribution < -0.4 is 0 Å². The van der Waals surface area contributed by atoms with Gasteiger partial charge >= 0.3 is 0 Å². The molecule has 49 heavy (non-hydrogen) atoms. The Morgan fingerprint density at radius 2 is 1.53 bits per heavy atom. The number of hydrogen-bond acceptors (Lipinski definition) is 3. The Balaban J connectivity index is 0.000000237. The van der Waals surface area contributed by atoms with Crippen LogP contribution in [0, 0.1) is 25.2 Å². The summed E-state index contributed by atoms with van der Waals surface area (Å²) >= 11 is 1.70. The molecule has 5 heteroatoms. The van der Waals surface area contributed by atoms with Gasteiger partial charge in [0.1, 0.15) is 0 Å². The molecule has 0 aliphatic heterocycles. The number of para-hydroxylation sites is 3. The van der Waals surface area contributed by atoms with E-state index in [1.165, 1.54) is 56.9 Å². The van der Waals surface area contributed by atoms with Crippen molar-refractivity contribution in [3.63, 3.8) is 0 Å². The number of thiophene rings is 1. The molecule has 0 aliphatic rings. The number of fused-ring (bicyclic) bond motifs is 2. The van der Waals surface area contributed by atoms with E-state index in [-0.39, 0.29) is 36.6 Å². The van der Waals surface area contributed by atoms with Crippen LogP contribution in [-0.4, -0.2) is 14.5 Å². The molecule has 1 radical (unpaired) electrons. The molecular weight excluding hydrogens is 795 g/mol. The van der Waals surface area contributed by atoms with Crippen LogP contribution in [0.1, 0.15) is 96.3 Å². The molecule has 7 rings (SSSR count). The van der Waals surface area contributed by atoms with Gasteiger partial charge in [-0.15, -0.1) is 46.8 Å². The first-order valence-corrected chi connectivity index (χ1v) is 17.2. The maximum Gasteiger partial charge on any atom is 0.0774 e. The first-order chi connectivity index (χ1) is 25.3. The van der Waals surface area contributed by atoms with Crippen molar-refractivity contribution in [2.45, 2.75) is 79.4 Å². The van der Waals surface area contributed by atoms with Gasteiger partial charge in [0.15, 0.2) is 0 Å². The number of benzene rings is 4. The second kappa shape index (κ2) is 14.9. The Morgan fingerprint density at radius 3 is 2.14 bits per heavy atom. The third-order valence-corrected chi connectivity index (χ3v) is 9.45. The summed E-state index contributed by atoms with van der Waals surface area (Å²) in [6.45, 7) is 11.6. The van der Waals surface area contributed by atoms with E-state index in [2.05, 4.69) is 130 Å². The molecular formula is C44H45IrN3S-2. The van der Waals surface area contributed by atoms with Crippen molar-refractivity contribution in [3.8, 4) is 28.3 Å². The number of pyridine rings is 1. The van der Waals surface area contributed by atoms with E-state index < -0.39 is 13.7 Å². The molecule has 253 valence electrons. The van der Waals surface area contributed by atoms with Gasteiger partial charge < -0.3 is 9.55 Å². The average molecular weight is 846 g/mol. The molecule has 4 aromatic carbocycles. The first kappa shape index (κ1) is 28.9. The summed E-state index contributed by atoms with van der Waals surface area (Å²) in [5.41, 5.74) is 10.2. The summed E-state index contributed by atoms with van der Waals surface area (Å²) < 4.78 is 47.3. The summed E-state index contributed by atoms with van der Waals surface area (Å²) in [6.07, 6.45) is 1.30. The summed E-state index contributed by atoms with van der Waals surface area (Å²) in [4.78, 5) is 9.27. The minimum atomic E-state index is -2.18. The second-order valence-corrected chi connectivity index (χ2v) is 14.7. The van der Waals surface area contributed by atoms with Crippen LogP contribution in [0.15, 0.2) is 97.2 Å². The van der Waals surface area contributed by atoms with Crippen LogP contribution in [0.25, 0.3) is 49.5 Å².